The summed E-state index contributed by atoms with van der Waals surface area (Å²) in [6, 6.07) is 2.24. The van der Waals surface area contributed by atoms with E-state index < -0.39 is 0 Å². The van der Waals surface area contributed by atoms with E-state index in [0.717, 1.165) is 6.54 Å². The van der Waals surface area contributed by atoms with E-state index in [1.807, 2.05) is 0 Å². The Morgan fingerprint density at radius 1 is 1.31 bits per heavy atom. The van der Waals surface area contributed by atoms with Crippen LogP contribution in [0.2, 0.25) is 0 Å². The van der Waals surface area contributed by atoms with Gasteiger partial charge < -0.3 is 5.73 Å². The third kappa shape index (κ3) is 3.91. The minimum atomic E-state index is 0.387. The normalized spacial score (nSPS) is 14.9. The smallest absolute Gasteiger partial charge is 0.00205 e. The number of hydrogen-bond acceptors (Lipinski definition) is 2. The van der Waals surface area contributed by atoms with Gasteiger partial charge >= 0.3 is 0 Å². The van der Waals surface area contributed by atoms with E-state index >= 15 is 0 Å². The van der Waals surface area contributed by atoms with Crippen molar-refractivity contribution in [1.82, 2.24) is 0 Å². The molecule has 2 N–H and O–H groups in total. The molecule has 0 aliphatic heterocycles. The molecule has 0 spiro atoms. The SMILES string of the molecule is CCCCC(CC)(CN)CCc1ccsc1. The van der Waals surface area contributed by atoms with Gasteiger partial charge in [0.25, 0.3) is 0 Å². The molecule has 1 rings (SSSR count). The zero-order chi connectivity index (χ0) is 11.9. The van der Waals surface area contributed by atoms with E-state index in [2.05, 4.69) is 30.7 Å². The van der Waals surface area contributed by atoms with Crippen LogP contribution in [0.1, 0.15) is 51.5 Å². The summed E-state index contributed by atoms with van der Waals surface area (Å²) in [4.78, 5) is 0. The van der Waals surface area contributed by atoms with Crippen molar-refractivity contribution < 1.29 is 0 Å². The van der Waals surface area contributed by atoms with Gasteiger partial charge in [-0.05, 0) is 60.0 Å². The average Bonchev–Trinajstić information content (AvgIpc) is 2.83. The predicted molar refractivity (Wildman–Crippen MR) is 73.9 cm³/mol. The van der Waals surface area contributed by atoms with E-state index in [0.29, 0.717) is 5.41 Å². The summed E-state index contributed by atoms with van der Waals surface area (Å²) in [5, 5.41) is 4.42. The van der Waals surface area contributed by atoms with Crippen LogP contribution >= 0.6 is 11.3 Å². The Morgan fingerprint density at radius 2 is 2.12 bits per heavy atom. The molecule has 0 aromatic carbocycles. The van der Waals surface area contributed by atoms with Crippen molar-refractivity contribution in [2.75, 3.05) is 6.54 Å². The highest BCUT2D eigenvalue weighted by atomic mass is 32.1. The van der Waals surface area contributed by atoms with Gasteiger partial charge in [-0.15, -0.1) is 0 Å². The van der Waals surface area contributed by atoms with Crippen molar-refractivity contribution in [3.05, 3.63) is 22.4 Å². The van der Waals surface area contributed by atoms with Gasteiger partial charge in [-0.1, -0.05) is 26.7 Å². The lowest BCUT2D eigenvalue weighted by atomic mass is 9.76. The van der Waals surface area contributed by atoms with E-state index in [1.54, 1.807) is 11.3 Å². The molecule has 0 saturated heterocycles. The third-order valence-electron chi connectivity index (χ3n) is 3.77. The maximum atomic E-state index is 6.00. The lowest BCUT2D eigenvalue weighted by molar-refractivity contribution is 0.232. The Morgan fingerprint density at radius 3 is 2.62 bits per heavy atom. The standard InChI is InChI=1S/C14H25NS/c1-3-5-8-14(4-2,12-15)9-6-13-7-10-16-11-13/h7,10-11H,3-6,8-9,12,15H2,1-2H3. The van der Waals surface area contributed by atoms with Crippen LogP contribution in [0.5, 0.6) is 0 Å². The molecule has 2 heteroatoms. The Balaban J connectivity index is 2.49. The first-order valence-electron chi connectivity index (χ1n) is 6.47. The highest BCUT2D eigenvalue weighted by molar-refractivity contribution is 7.07. The molecule has 0 amide bonds. The van der Waals surface area contributed by atoms with Crippen molar-refractivity contribution >= 4 is 11.3 Å². The molecule has 0 aliphatic rings. The first-order chi connectivity index (χ1) is 7.76. The molecule has 0 saturated carbocycles. The second-order valence-corrected chi connectivity index (χ2v) is 5.57. The van der Waals surface area contributed by atoms with E-state index in [1.165, 1.54) is 44.1 Å². The van der Waals surface area contributed by atoms with Gasteiger partial charge in [0, 0.05) is 0 Å². The number of thiophene rings is 1. The fraction of sp³-hybridized carbons (Fsp3) is 0.714. The molecule has 0 fully saturated rings. The summed E-state index contributed by atoms with van der Waals surface area (Å²) >= 11 is 1.79. The minimum absolute atomic E-state index is 0.387. The zero-order valence-electron chi connectivity index (χ0n) is 10.7. The quantitative estimate of drug-likeness (QED) is 0.722. The maximum absolute atomic E-state index is 6.00. The number of unbranched alkanes of at least 4 members (excludes halogenated alkanes) is 1. The van der Waals surface area contributed by atoms with E-state index in [-0.39, 0.29) is 0 Å². The van der Waals surface area contributed by atoms with Crippen LogP contribution in [0.4, 0.5) is 0 Å². The van der Waals surface area contributed by atoms with Crippen LogP contribution in [-0.4, -0.2) is 6.54 Å². The van der Waals surface area contributed by atoms with Crippen molar-refractivity contribution in [3.63, 3.8) is 0 Å². The summed E-state index contributed by atoms with van der Waals surface area (Å²) in [5.74, 6) is 0. The Hall–Kier alpha value is -0.340. The van der Waals surface area contributed by atoms with Crippen molar-refractivity contribution in [2.24, 2.45) is 11.1 Å². The second-order valence-electron chi connectivity index (χ2n) is 4.79. The van der Waals surface area contributed by atoms with Crippen LogP contribution in [0.25, 0.3) is 0 Å². The topological polar surface area (TPSA) is 26.0 Å². The lowest BCUT2D eigenvalue weighted by Gasteiger charge is -2.31. The molecule has 1 aromatic rings. The van der Waals surface area contributed by atoms with Crippen LogP contribution in [0.15, 0.2) is 16.8 Å². The van der Waals surface area contributed by atoms with Crippen LogP contribution in [0.3, 0.4) is 0 Å². The number of nitrogens with two attached hydrogens (primary N) is 1. The molecular weight excluding hydrogens is 214 g/mol. The summed E-state index contributed by atoms with van der Waals surface area (Å²) in [6.07, 6.45) is 7.54. The Labute approximate surface area is 104 Å². The Kier molecular flexibility index (Phi) is 6.07. The van der Waals surface area contributed by atoms with Crippen LogP contribution < -0.4 is 5.73 Å². The summed E-state index contributed by atoms with van der Waals surface area (Å²) < 4.78 is 0. The molecular formula is C14H25NS. The van der Waals surface area contributed by atoms with Gasteiger partial charge in [0.05, 0.1) is 0 Å². The molecule has 1 atom stereocenters. The third-order valence-corrected chi connectivity index (χ3v) is 4.50. The van der Waals surface area contributed by atoms with Crippen LogP contribution in [0, 0.1) is 5.41 Å². The van der Waals surface area contributed by atoms with Gasteiger partial charge in [0.15, 0.2) is 0 Å². The first kappa shape index (κ1) is 13.7. The van der Waals surface area contributed by atoms with Gasteiger partial charge in [-0.25, -0.2) is 0 Å². The number of rotatable bonds is 8. The monoisotopic (exact) mass is 239 g/mol. The minimum Gasteiger partial charge on any atom is -0.330 e. The molecule has 16 heavy (non-hydrogen) atoms. The molecule has 92 valence electrons. The molecule has 0 radical (unpaired) electrons. The summed E-state index contributed by atoms with van der Waals surface area (Å²) in [5.41, 5.74) is 7.87. The zero-order valence-corrected chi connectivity index (χ0v) is 11.5. The van der Waals surface area contributed by atoms with E-state index in [9.17, 15) is 0 Å². The highest BCUT2D eigenvalue weighted by Crippen LogP contribution is 2.33. The van der Waals surface area contributed by atoms with Crippen molar-refractivity contribution in [3.8, 4) is 0 Å². The fourth-order valence-corrected chi connectivity index (χ4v) is 2.93. The average molecular weight is 239 g/mol. The van der Waals surface area contributed by atoms with Gasteiger partial charge in [-0.2, -0.15) is 11.3 Å². The number of aryl methyl sites for hydroxylation is 1. The summed E-state index contributed by atoms with van der Waals surface area (Å²) in [7, 11) is 0. The predicted octanol–water partition coefficient (Wildman–Crippen LogP) is 4.23. The molecule has 1 heterocycles. The lowest BCUT2D eigenvalue weighted by Crippen LogP contribution is -2.30. The first-order valence-corrected chi connectivity index (χ1v) is 7.42. The molecule has 0 aliphatic carbocycles. The summed E-state index contributed by atoms with van der Waals surface area (Å²) in [6.45, 7) is 5.39. The molecule has 1 nitrogen and oxygen atoms in total. The van der Waals surface area contributed by atoms with Crippen LogP contribution in [-0.2, 0) is 6.42 Å². The highest BCUT2D eigenvalue weighted by Gasteiger charge is 2.25. The largest absolute Gasteiger partial charge is 0.330 e. The van der Waals surface area contributed by atoms with E-state index in [4.69, 9.17) is 5.73 Å². The second kappa shape index (κ2) is 7.08. The van der Waals surface area contributed by atoms with Gasteiger partial charge in [0.1, 0.15) is 0 Å². The molecule has 1 aromatic heterocycles. The Bertz CT molecular complexity index is 262. The fourth-order valence-electron chi connectivity index (χ4n) is 2.22. The molecule has 1 unspecified atom stereocenters. The van der Waals surface area contributed by atoms with Crippen molar-refractivity contribution in [1.29, 1.82) is 0 Å². The number of hydrogen-bond donors (Lipinski definition) is 1. The van der Waals surface area contributed by atoms with Gasteiger partial charge in [-0.3, -0.25) is 0 Å². The van der Waals surface area contributed by atoms with Crippen molar-refractivity contribution in [2.45, 2.75) is 52.4 Å². The molecule has 0 bridgehead atoms. The maximum Gasteiger partial charge on any atom is -0.00205 e. The van der Waals surface area contributed by atoms with Gasteiger partial charge in [0.2, 0.25) is 0 Å².